The van der Waals surface area contributed by atoms with Gasteiger partial charge in [0, 0.05) is 15.8 Å². The van der Waals surface area contributed by atoms with E-state index >= 15 is 0 Å². The molecule has 18 heavy (non-hydrogen) atoms. The highest BCUT2D eigenvalue weighted by molar-refractivity contribution is 9.10. The molecule has 2 aromatic rings. The molecule has 0 unspecified atom stereocenters. The highest BCUT2D eigenvalue weighted by atomic mass is 79.9. The zero-order valence-electron chi connectivity index (χ0n) is 10.8. The first-order valence-electron chi connectivity index (χ1n) is 5.97. The van der Waals surface area contributed by atoms with Crippen LogP contribution in [0.3, 0.4) is 0 Å². The fourth-order valence-corrected chi connectivity index (χ4v) is 3.38. The van der Waals surface area contributed by atoms with Crippen molar-refractivity contribution < 1.29 is 0 Å². The van der Waals surface area contributed by atoms with E-state index in [0.29, 0.717) is 11.0 Å². The summed E-state index contributed by atoms with van der Waals surface area (Å²) in [6, 6.07) is 6.39. The Balaban J connectivity index is 2.36. The van der Waals surface area contributed by atoms with E-state index in [0.717, 1.165) is 16.6 Å². The average Bonchev–Trinajstić information content (AvgIpc) is 2.65. The zero-order chi connectivity index (χ0) is 13.3. The van der Waals surface area contributed by atoms with Crippen molar-refractivity contribution >= 4 is 32.4 Å². The Morgan fingerprint density at radius 3 is 2.78 bits per heavy atom. The zero-order valence-corrected chi connectivity index (χ0v) is 13.2. The second-order valence-corrected chi connectivity index (χ2v) is 6.79. The van der Waals surface area contributed by atoms with E-state index in [9.17, 15) is 0 Å². The Morgan fingerprint density at radius 1 is 1.39 bits per heavy atom. The SMILES string of the molecule is Cc1ccc(Br)cc1Cc1sc(N)nc1C(C)C. The molecule has 0 radical (unpaired) electrons. The number of nitrogens with zero attached hydrogens (tertiary/aromatic N) is 1. The van der Waals surface area contributed by atoms with E-state index in [1.807, 2.05) is 0 Å². The van der Waals surface area contributed by atoms with Crippen molar-refractivity contribution in [3.63, 3.8) is 0 Å². The topological polar surface area (TPSA) is 38.9 Å². The van der Waals surface area contributed by atoms with Crippen molar-refractivity contribution in [3.05, 3.63) is 44.4 Å². The second kappa shape index (κ2) is 5.41. The molecule has 1 heterocycles. The number of thiazole rings is 1. The molecule has 2 N–H and O–H groups in total. The first-order valence-corrected chi connectivity index (χ1v) is 7.58. The number of hydrogen-bond donors (Lipinski definition) is 1. The van der Waals surface area contributed by atoms with Crippen LogP contribution < -0.4 is 5.73 Å². The van der Waals surface area contributed by atoms with Crippen LogP contribution in [0.1, 0.15) is 41.5 Å². The molecule has 0 spiro atoms. The second-order valence-electron chi connectivity index (χ2n) is 4.76. The number of rotatable bonds is 3. The highest BCUT2D eigenvalue weighted by Gasteiger charge is 2.14. The number of benzene rings is 1. The van der Waals surface area contributed by atoms with Crippen molar-refractivity contribution in [2.45, 2.75) is 33.1 Å². The maximum Gasteiger partial charge on any atom is 0.180 e. The Morgan fingerprint density at radius 2 is 2.11 bits per heavy atom. The van der Waals surface area contributed by atoms with E-state index in [1.165, 1.54) is 16.0 Å². The van der Waals surface area contributed by atoms with Crippen molar-refractivity contribution in [2.75, 3.05) is 5.73 Å². The molecule has 4 heteroatoms. The average molecular weight is 325 g/mol. The fraction of sp³-hybridized carbons (Fsp3) is 0.357. The van der Waals surface area contributed by atoms with Crippen LogP contribution in [-0.2, 0) is 6.42 Å². The Bertz CT molecular complexity index is 561. The van der Waals surface area contributed by atoms with E-state index in [-0.39, 0.29) is 0 Å². The molecule has 0 saturated heterocycles. The van der Waals surface area contributed by atoms with Gasteiger partial charge in [0.1, 0.15) is 0 Å². The maximum absolute atomic E-state index is 5.84. The van der Waals surface area contributed by atoms with Gasteiger partial charge < -0.3 is 5.73 Å². The molecule has 0 aliphatic carbocycles. The molecule has 2 nitrogen and oxygen atoms in total. The van der Waals surface area contributed by atoms with Gasteiger partial charge in [-0.1, -0.05) is 35.8 Å². The summed E-state index contributed by atoms with van der Waals surface area (Å²) >= 11 is 5.13. The molecular weight excluding hydrogens is 308 g/mol. The molecule has 0 saturated carbocycles. The normalized spacial score (nSPS) is 11.2. The molecule has 0 aliphatic rings. The van der Waals surface area contributed by atoms with Crippen molar-refractivity contribution in [3.8, 4) is 0 Å². The molecule has 0 atom stereocenters. The van der Waals surface area contributed by atoms with Gasteiger partial charge in [0.2, 0.25) is 0 Å². The largest absolute Gasteiger partial charge is 0.375 e. The van der Waals surface area contributed by atoms with Crippen LogP contribution >= 0.6 is 27.3 Å². The Labute approximate surface area is 120 Å². The first-order chi connectivity index (χ1) is 8.47. The number of halogens is 1. The number of hydrogen-bond acceptors (Lipinski definition) is 3. The fourth-order valence-electron chi connectivity index (χ4n) is 1.96. The molecule has 1 aromatic carbocycles. The lowest BCUT2D eigenvalue weighted by atomic mass is 10.0. The van der Waals surface area contributed by atoms with Gasteiger partial charge in [0.15, 0.2) is 5.13 Å². The van der Waals surface area contributed by atoms with Crippen LogP contribution in [0.2, 0.25) is 0 Å². The number of aromatic nitrogens is 1. The van der Waals surface area contributed by atoms with Gasteiger partial charge in [-0.05, 0) is 36.1 Å². The van der Waals surface area contributed by atoms with Crippen molar-refractivity contribution in [1.82, 2.24) is 4.98 Å². The molecule has 2 rings (SSSR count). The summed E-state index contributed by atoms with van der Waals surface area (Å²) in [5.74, 6) is 0.418. The summed E-state index contributed by atoms with van der Waals surface area (Å²) in [4.78, 5) is 5.72. The van der Waals surface area contributed by atoms with Crippen molar-refractivity contribution in [1.29, 1.82) is 0 Å². The first kappa shape index (κ1) is 13.6. The quantitative estimate of drug-likeness (QED) is 0.902. The van der Waals surface area contributed by atoms with E-state index in [2.05, 4.69) is 59.9 Å². The summed E-state index contributed by atoms with van der Waals surface area (Å²) in [6.45, 7) is 6.46. The van der Waals surface area contributed by atoms with Gasteiger partial charge in [0.05, 0.1) is 5.69 Å². The summed E-state index contributed by atoms with van der Waals surface area (Å²) in [5, 5.41) is 0.668. The molecular formula is C14H17BrN2S. The van der Waals surface area contributed by atoms with Gasteiger partial charge in [-0.2, -0.15) is 0 Å². The molecule has 1 aromatic heterocycles. The van der Waals surface area contributed by atoms with Crippen LogP contribution in [0.25, 0.3) is 0 Å². The van der Waals surface area contributed by atoms with Crippen LogP contribution in [0.15, 0.2) is 22.7 Å². The predicted octanol–water partition coefficient (Wildman–Crippen LogP) is 4.51. The van der Waals surface area contributed by atoms with Gasteiger partial charge in [-0.15, -0.1) is 11.3 Å². The lowest BCUT2D eigenvalue weighted by Gasteiger charge is -2.08. The van der Waals surface area contributed by atoms with E-state index in [1.54, 1.807) is 11.3 Å². The summed E-state index contributed by atoms with van der Waals surface area (Å²) in [5.41, 5.74) is 9.61. The number of nitrogen functional groups attached to an aromatic ring is 1. The molecule has 0 fully saturated rings. The minimum absolute atomic E-state index is 0.418. The summed E-state index contributed by atoms with van der Waals surface area (Å²) < 4.78 is 1.12. The Hall–Kier alpha value is -0.870. The number of anilines is 1. The standard InChI is InChI=1S/C14H17BrN2S/c1-8(2)13-12(18-14(16)17-13)7-10-6-11(15)5-4-9(10)3/h4-6,8H,7H2,1-3H3,(H2,16,17). The minimum Gasteiger partial charge on any atom is -0.375 e. The maximum atomic E-state index is 5.84. The molecule has 0 amide bonds. The Kier molecular flexibility index (Phi) is 4.07. The number of aryl methyl sites for hydroxylation is 1. The highest BCUT2D eigenvalue weighted by Crippen LogP contribution is 2.30. The van der Waals surface area contributed by atoms with Gasteiger partial charge in [-0.25, -0.2) is 4.98 Å². The molecule has 0 bridgehead atoms. The third-order valence-electron chi connectivity index (χ3n) is 2.95. The third kappa shape index (κ3) is 2.93. The van der Waals surface area contributed by atoms with E-state index in [4.69, 9.17) is 5.73 Å². The van der Waals surface area contributed by atoms with E-state index < -0.39 is 0 Å². The third-order valence-corrected chi connectivity index (χ3v) is 4.35. The van der Waals surface area contributed by atoms with Crippen LogP contribution in [0, 0.1) is 6.92 Å². The van der Waals surface area contributed by atoms with Crippen LogP contribution in [0.5, 0.6) is 0 Å². The van der Waals surface area contributed by atoms with Crippen molar-refractivity contribution in [2.24, 2.45) is 0 Å². The lowest BCUT2D eigenvalue weighted by Crippen LogP contribution is -1.97. The predicted molar refractivity (Wildman–Crippen MR) is 82.3 cm³/mol. The minimum atomic E-state index is 0.418. The lowest BCUT2D eigenvalue weighted by molar-refractivity contribution is 0.820. The number of nitrogens with two attached hydrogens (primary N) is 1. The van der Waals surface area contributed by atoms with Gasteiger partial charge in [-0.3, -0.25) is 0 Å². The van der Waals surface area contributed by atoms with Gasteiger partial charge >= 0.3 is 0 Å². The molecule has 0 aliphatic heterocycles. The smallest absolute Gasteiger partial charge is 0.180 e. The van der Waals surface area contributed by atoms with Gasteiger partial charge in [0.25, 0.3) is 0 Å². The van der Waals surface area contributed by atoms with Crippen LogP contribution in [-0.4, -0.2) is 4.98 Å². The van der Waals surface area contributed by atoms with Crippen LogP contribution in [0.4, 0.5) is 5.13 Å². The monoisotopic (exact) mass is 324 g/mol. The summed E-state index contributed by atoms with van der Waals surface area (Å²) in [7, 11) is 0. The summed E-state index contributed by atoms with van der Waals surface area (Å²) in [6.07, 6.45) is 0.910. The molecule has 96 valence electrons.